The number of nitrogens with zero attached hydrogens (tertiary/aromatic N) is 2. The van der Waals surface area contributed by atoms with E-state index in [0.717, 1.165) is 10.9 Å². The van der Waals surface area contributed by atoms with Gasteiger partial charge in [0.2, 0.25) is 0 Å². The van der Waals surface area contributed by atoms with Crippen LogP contribution in [0.5, 0.6) is 0 Å². The third-order valence-corrected chi connectivity index (χ3v) is 2.76. The summed E-state index contributed by atoms with van der Waals surface area (Å²) in [6.45, 7) is 0. The highest BCUT2D eigenvalue weighted by atomic mass is 32.2. The second-order valence-corrected chi connectivity index (χ2v) is 4.70. The van der Waals surface area contributed by atoms with Crippen LogP contribution < -0.4 is 5.73 Å². The van der Waals surface area contributed by atoms with E-state index >= 15 is 0 Å². The van der Waals surface area contributed by atoms with Gasteiger partial charge in [-0.3, -0.25) is 4.68 Å². The van der Waals surface area contributed by atoms with Crippen molar-refractivity contribution in [1.29, 1.82) is 0 Å². The predicted molar refractivity (Wildman–Crippen MR) is 47.7 cm³/mol. The van der Waals surface area contributed by atoms with Gasteiger partial charge in [0.15, 0.2) is 20.7 Å². The largest absolute Gasteiger partial charge is 0.477 e. The van der Waals surface area contributed by atoms with Crippen LogP contribution in [-0.2, 0) is 16.9 Å². The van der Waals surface area contributed by atoms with Crippen LogP contribution in [0.3, 0.4) is 0 Å². The maximum absolute atomic E-state index is 11.2. The minimum atomic E-state index is -3.65. The van der Waals surface area contributed by atoms with Crippen molar-refractivity contribution in [1.82, 2.24) is 9.78 Å². The van der Waals surface area contributed by atoms with E-state index in [0.29, 0.717) is 0 Å². The lowest BCUT2D eigenvalue weighted by Gasteiger charge is -1.99. The van der Waals surface area contributed by atoms with E-state index in [2.05, 4.69) is 5.10 Å². The lowest BCUT2D eigenvalue weighted by Crippen LogP contribution is -2.11. The fourth-order valence-electron chi connectivity index (χ4n) is 1.15. The Kier molecular flexibility index (Phi) is 2.24. The summed E-state index contributed by atoms with van der Waals surface area (Å²) < 4.78 is 23.4. The maximum atomic E-state index is 11.2. The monoisotopic (exact) mass is 219 g/mol. The van der Waals surface area contributed by atoms with Crippen molar-refractivity contribution in [3.63, 3.8) is 0 Å². The number of rotatable bonds is 2. The summed E-state index contributed by atoms with van der Waals surface area (Å²) in [6, 6.07) is 0. The van der Waals surface area contributed by atoms with Crippen LogP contribution in [0.25, 0.3) is 0 Å². The van der Waals surface area contributed by atoms with E-state index in [9.17, 15) is 13.2 Å². The van der Waals surface area contributed by atoms with Crippen LogP contribution in [-0.4, -0.2) is 35.5 Å². The third-order valence-electron chi connectivity index (χ3n) is 1.59. The zero-order chi connectivity index (χ0) is 11.1. The molecule has 0 aliphatic rings. The standard InChI is InChI=1S/C6H9N3O4S/c1-9-5(14(2,12)13)3(6(10)11)4(7)8-9/h1-2H3,(H2,7,8)(H,10,11). The molecule has 0 amide bonds. The fraction of sp³-hybridized carbons (Fsp3) is 0.333. The zero-order valence-electron chi connectivity index (χ0n) is 7.55. The molecule has 0 spiro atoms. The maximum Gasteiger partial charge on any atom is 0.342 e. The number of anilines is 1. The molecule has 8 heteroatoms. The van der Waals surface area contributed by atoms with Crippen molar-refractivity contribution in [2.45, 2.75) is 5.03 Å². The molecule has 1 aromatic rings. The van der Waals surface area contributed by atoms with Gasteiger partial charge in [0, 0.05) is 13.3 Å². The summed E-state index contributed by atoms with van der Waals surface area (Å²) in [6.07, 6.45) is 0.899. The van der Waals surface area contributed by atoms with Crippen LogP contribution in [0.1, 0.15) is 10.4 Å². The molecule has 7 nitrogen and oxygen atoms in total. The average Bonchev–Trinajstić information content (AvgIpc) is 2.23. The van der Waals surface area contributed by atoms with Crippen LogP contribution in [0.2, 0.25) is 0 Å². The molecule has 0 saturated heterocycles. The Hall–Kier alpha value is -1.57. The zero-order valence-corrected chi connectivity index (χ0v) is 8.37. The van der Waals surface area contributed by atoms with E-state index in [1.165, 1.54) is 7.05 Å². The van der Waals surface area contributed by atoms with Crippen molar-refractivity contribution < 1.29 is 18.3 Å². The van der Waals surface area contributed by atoms with Gasteiger partial charge in [0.1, 0.15) is 5.56 Å². The molecule has 1 rings (SSSR count). The first-order chi connectivity index (χ1) is 6.25. The van der Waals surface area contributed by atoms with Gasteiger partial charge in [-0.15, -0.1) is 0 Å². The number of aromatic nitrogens is 2. The van der Waals surface area contributed by atoms with Crippen molar-refractivity contribution >= 4 is 21.6 Å². The van der Waals surface area contributed by atoms with E-state index in [4.69, 9.17) is 10.8 Å². The minimum absolute atomic E-state index is 0.305. The van der Waals surface area contributed by atoms with Gasteiger partial charge in [-0.1, -0.05) is 0 Å². The van der Waals surface area contributed by atoms with Crippen molar-refractivity contribution in [2.24, 2.45) is 7.05 Å². The molecule has 0 bridgehead atoms. The molecule has 0 aliphatic carbocycles. The van der Waals surface area contributed by atoms with Gasteiger partial charge in [-0.25, -0.2) is 13.2 Å². The molecule has 0 radical (unpaired) electrons. The second-order valence-electron chi connectivity index (χ2n) is 2.77. The van der Waals surface area contributed by atoms with Gasteiger partial charge in [-0.05, 0) is 0 Å². The first kappa shape index (κ1) is 10.5. The van der Waals surface area contributed by atoms with E-state index in [1.807, 2.05) is 0 Å². The van der Waals surface area contributed by atoms with Crippen molar-refractivity contribution in [3.05, 3.63) is 5.56 Å². The highest BCUT2D eigenvalue weighted by molar-refractivity contribution is 7.90. The molecule has 78 valence electrons. The molecular formula is C6H9N3O4S. The average molecular weight is 219 g/mol. The summed E-state index contributed by atoms with van der Waals surface area (Å²) in [5.74, 6) is -1.71. The molecule has 0 unspecified atom stereocenters. The molecule has 1 aromatic heterocycles. The van der Waals surface area contributed by atoms with Crippen LogP contribution >= 0.6 is 0 Å². The number of nitrogen functional groups attached to an aromatic ring is 1. The topological polar surface area (TPSA) is 115 Å². The Morgan fingerprint density at radius 3 is 2.36 bits per heavy atom. The number of aryl methyl sites for hydroxylation is 1. The number of carboxylic acids is 1. The Labute approximate surface area is 80.1 Å². The summed E-state index contributed by atoms with van der Waals surface area (Å²) in [5, 5.41) is 11.9. The minimum Gasteiger partial charge on any atom is -0.477 e. The molecular weight excluding hydrogens is 210 g/mol. The SMILES string of the molecule is Cn1nc(N)c(C(=O)O)c1S(C)(=O)=O. The molecule has 1 heterocycles. The van der Waals surface area contributed by atoms with Crippen LogP contribution in [0.4, 0.5) is 5.82 Å². The highest BCUT2D eigenvalue weighted by Crippen LogP contribution is 2.20. The number of sulfone groups is 1. The molecule has 0 atom stereocenters. The fourth-order valence-corrected chi connectivity index (χ4v) is 2.24. The summed E-state index contributed by atoms with van der Waals surface area (Å²) >= 11 is 0. The Morgan fingerprint density at radius 2 is 2.07 bits per heavy atom. The Balaban J connectivity index is 3.65. The highest BCUT2D eigenvalue weighted by Gasteiger charge is 2.27. The molecule has 0 aromatic carbocycles. The predicted octanol–water partition coefficient (Wildman–Crippen LogP) is -0.896. The number of carboxylic acid groups (broad SMARTS) is 1. The number of hydrogen-bond donors (Lipinski definition) is 2. The van der Waals surface area contributed by atoms with Crippen molar-refractivity contribution in [2.75, 3.05) is 12.0 Å². The number of carbonyl (C=O) groups is 1. The second kappa shape index (κ2) is 2.98. The summed E-state index contributed by atoms with van der Waals surface area (Å²) in [4.78, 5) is 10.7. The number of hydrogen-bond acceptors (Lipinski definition) is 5. The number of aromatic carboxylic acids is 1. The lowest BCUT2D eigenvalue weighted by atomic mass is 10.3. The van der Waals surface area contributed by atoms with Crippen LogP contribution in [0.15, 0.2) is 5.03 Å². The van der Waals surface area contributed by atoms with Crippen molar-refractivity contribution in [3.8, 4) is 0 Å². The third kappa shape index (κ3) is 1.55. The lowest BCUT2D eigenvalue weighted by molar-refractivity contribution is 0.0693. The Bertz CT molecular complexity index is 487. The van der Waals surface area contributed by atoms with E-state index in [-0.39, 0.29) is 10.8 Å². The normalized spacial score (nSPS) is 11.6. The van der Waals surface area contributed by atoms with E-state index < -0.39 is 21.4 Å². The van der Waals surface area contributed by atoms with Gasteiger partial charge in [0.25, 0.3) is 0 Å². The van der Waals surface area contributed by atoms with E-state index in [1.54, 1.807) is 0 Å². The van der Waals surface area contributed by atoms with Gasteiger partial charge in [-0.2, -0.15) is 5.10 Å². The van der Waals surface area contributed by atoms with Gasteiger partial charge >= 0.3 is 5.97 Å². The number of nitrogens with two attached hydrogens (primary N) is 1. The first-order valence-electron chi connectivity index (χ1n) is 3.51. The molecule has 3 N–H and O–H groups in total. The molecule has 0 aliphatic heterocycles. The summed E-state index contributed by atoms with van der Waals surface area (Å²) in [7, 11) is -2.33. The quantitative estimate of drug-likeness (QED) is 0.666. The molecule has 14 heavy (non-hydrogen) atoms. The molecule has 0 fully saturated rings. The molecule has 0 saturated carbocycles. The first-order valence-corrected chi connectivity index (χ1v) is 5.40. The van der Waals surface area contributed by atoms with Gasteiger partial charge in [0.05, 0.1) is 0 Å². The van der Waals surface area contributed by atoms with Crippen LogP contribution in [0, 0.1) is 0 Å². The van der Waals surface area contributed by atoms with Gasteiger partial charge < -0.3 is 10.8 Å². The summed E-state index contributed by atoms with van der Waals surface area (Å²) in [5.41, 5.74) is 4.79. The smallest absolute Gasteiger partial charge is 0.342 e. The Morgan fingerprint density at radius 1 is 1.57 bits per heavy atom.